The van der Waals surface area contributed by atoms with Crippen LogP contribution in [0.2, 0.25) is 0 Å². The zero-order chi connectivity index (χ0) is 14.3. The highest BCUT2D eigenvalue weighted by Gasteiger charge is 2.10. The molecule has 0 saturated heterocycles. The minimum Gasteiger partial charge on any atom is -0.298 e. The van der Waals surface area contributed by atoms with Gasteiger partial charge in [0.2, 0.25) is 0 Å². The first-order chi connectivity index (χ1) is 9.20. The van der Waals surface area contributed by atoms with E-state index in [0.717, 1.165) is 25.7 Å². The van der Waals surface area contributed by atoms with E-state index < -0.39 is 0 Å². The van der Waals surface area contributed by atoms with Crippen molar-refractivity contribution >= 4 is 11.6 Å². The molecular formula is C17H30O2. The molecule has 0 saturated carbocycles. The maximum atomic E-state index is 11.5. The van der Waals surface area contributed by atoms with E-state index in [0.29, 0.717) is 12.8 Å². The number of carbonyl (C=O) groups excluding carboxylic acids is 2. The van der Waals surface area contributed by atoms with Crippen LogP contribution in [0.5, 0.6) is 0 Å². The minimum atomic E-state index is -0.102. The molecule has 0 rings (SSSR count). The summed E-state index contributed by atoms with van der Waals surface area (Å²) in [5.74, 6) is -0.204. The number of unbranched alkanes of at least 4 members (excludes halogenated alkanes) is 8. The van der Waals surface area contributed by atoms with Gasteiger partial charge in [0.05, 0.1) is 0 Å². The van der Waals surface area contributed by atoms with Gasteiger partial charge in [-0.25, -0.2) is 0 Å². The van der Waals surface area contributed by atoms with Crippen LogP contribution in [-0.4, -0.2) is 11.6 Å². The molecule has 0 unspecified atom stereocenters. The van der Waals surface area contributed by atoms with E-state index >= 15 is 0 Å². The van der Waals surface area contributed by atoms with Gasteiger partial charge in [-0.05, 0) is 12.8 Å². The number of rotatable bonds is 14. The predicted molar refractivity (Wildman–Crippen MR) is 80.0 cm³/mol. The fraction of sp³-hybridized carbons (Fsp3) is 0.824. The first kappa shape index (κ1) is 18.3. The van der Waals surface area contributed by atoms with Crippen LogP contribution in [0, 0.1) is 6.42 Å². The van der Waals surface area contributed by atoms with Crippen LogP contribution in [-0.2, 0) is 9.59 Å². The molecule has 0 aromatic heterocycles. The average Bonchev–Trinajstić information content (AvgIpc) is 2.38. The number of Topliss-reactive ketones (excluding diaryl/α,β-unsaturated/α-hetero) is 2. The summed E-state index contributed by atoms with van der Waals surface area (Å²) in [7, 11) is 0. The molecule has 0 amide bonds. The summed E-state index contributed by atoms with van der Waals surface area (Å²) >= 11 is 0. The van der Waals surface area contributed by atoms with E-state index in [1.807, 2.05) is 0 Å². The summed E-state index contributed by atoms with van der Waals surface area (Å²) in [5, 5.41) is 0. The zero-order valence-corrected chi connectivity index (χ0v) is 12.8. The molecule has 2 heteroatoms. The third-order valence-corrected chi connectivity index (χ3v) is 3.29. The number of hydrogen-bond acceptors (Lipinski definition) is 2. The molecule has 0 atom stereocenters. The Kier molecular flexibility index (Phi) is 13.3. The lowest BCUT2D eigenvalue weighted by molar-refractivity contribution is -0.122. The van der Waals surface area contributed by atoms with Gasteiger partial charge in [0.25, 0.3) is 0 Å². The molecule has 0 bridgehead atoms. The molecule has 0 fully saturated rings. The smallest absolute Gasteiger partial charge is 0.149 e. The molecule has 110 valence electrons. The number of ketones is 2. The van der Waals surface area contributed by atoms with Crippen LogP contribution in [0.3, 0.4) is 0 Å². The fourth-order valence-electron chi connectivity index (χ4n) is 2.06. The monoisotopic (exact) mass is 266 g/mol. The Balaban J connectivity index is 3.40. The Bertz CT molecular complexity index is 209. The molecule has 2 nitrogen and oxygen atoms in total. The van der Waals surface area contributed by atoms with E-state index in [-0.39, 0.29) is 11.6 Å². The highest BCUT2D eigenvalue weighted by atomic mass is 16.1. The number of carbonyl (C=O) groups is 2. The van der Waals surface area contributed by atoms with Crippen LogP contribution in [0.25, 0.3) is 0 Å². The highest BCUT2D eigenvalue weighted by Crippen LogP contribution is 2.09. The molecule has 0 aliphatic carbocycles. The van der Waals surface area contributed by atoms with Gasteiger partial charge in [-0.2, -0.15) is 0 Å². The first-order valence-corrected chi connectivity index (χ1v) is 8.03. The van der Waals surface area contributed by atoms with Gasteiger partial charge >= 0.3 is 0 Å². The normalized spacial score (nSPS) is 10.6. The molecule has 0 N–H and O–H groups in total. The van der Waals surface area contributed by atoms with Crippen molar-refractivity contribution in [2.24, 2.45) is 0 Å². The Morgan fingerprint density at radius 1 is 0.632 bits per heavy atom. The van der Waals surface area contributed by atoms with E-state index in [4.69, 9.17) is 0 Å². The maximum Gasteiger partial charge on any atom is 0.149 e. The largest absolute Gasteiger partial charge is 0.298 e. The molecule has 0 aliphatic rings. The Hall–Kier alpha value is -0.660. The summed E-state index contributed by atoms with van der Waals surface area (Å²) in [6, 6.07) is 0. The second-order valence-electron chi connectivity index (χ2n) is 5.30. The molecule has 0 spiro atoms. The van der Waals surface area contributed by atoms with Crippen molar-refractivity contribution in [3.8, 4) is 0 Å². The predicted octanol–water partition coefficient (Wildman–Crippen LogP) is 4.93. The van der Waals surface area contributed by atoms with Gasteiger partial charge in [-0.15, -0.1) is 0 Å². The Morgan fingerprint density at radius 2 is 1.00 bits per heavy atom. The lowest BCUT2D eigenvalue weighted by Crippen LogP contribution is -2.08. The van der Waals surface area contributed by atoms with Crippen molar-refractivity contribution in [3.63, 3.8) is 0 Å². The summed E-state index contributed by atoms with van der Waals surface area (Å²) in [5.41, 5.74) is 0. The van der Waals surface area contributed by atoms with Crippen molar-refractivity contribution in [3.05, 3.63) is 6.42 Å². The summed E-state index contributed by atoms with van der Waals surface area (Å²) < 4.78 is 0. The third kappa shape index (κ3) is 13.6. The third-order valence-electron chi connectivity index (χ3n) is 3.29. The summed E-state index contributed by atoms with van der Waals surface area (Å²) in [6.07, 6.45) is 14.7. The average molecular weight is 266 g/mol. The quantitative estimate of drug-likeness (QED) is 0.418. The van der Waals surface area contributed by atoms with Crippen molar-refractivity contribution < 1.29 is 9.59 Å². The lowest BCUT2D eigenvalue weighted by atomic mass is 10.0. The van der Waals surface area contributed by atoms with E-state index in [1.54, 1.807) is 0 Å². The van der Waals surface area contributed by atoms with E-state index in [2.05, 4.69) is 20.3 Å². The van der Waals surface area contributed by atoms with Gasteiger partial charge < -0.3 is 0 Å². The van der Waals surface area contributed by atoms with Crippen LogP contribution in [0.4, 0.5) is 0 Å². The van der Waals surface area contributed by atoms with Crippen molar-refractivity contribution in [2.75, 3.05) is 0 Å². The molecule has 0 aliphatic heterocycles. The fourth-order valence-corrected chi connectivity index (χ4v) is 2.06. The van der Waals surface area contributed by atoms with Gasteiger partial charge in [-0.1, -0.05) is 65.2 Å². The molecule has 0 aromatic rings. The van der Waals surface area contributed by atoms with Crippen LogP contribution >= 0.6 is 0 Å². The van der Waals surface area contributed by atoms with Crippen LogP contribution < -0.4 is 0 Å². The Morgan fingerprint density at radius 3 is 1.37 bits per heavy atom. The van der Waals surface area contributed by atoms with E-state index in [1.165, 1.54) is 38.5 Å². The number of hydrogen-bond donors (Lipinski definition) is 0. The van der Waals surface area contributed by atoms with Crippen LogP contribution in [0.15, 0.2) is 0 Å². The van der Waals surface area contributed by atoms with Gasteiger partial charge in [0.1, 0.15) is 18.0 Å². The molecular weight excluding hydrogens is 236 g/mol. The minimum absolute atomic E-state index is 0.102. The molecule has 2 radical (unpaired) electrons. The van der Waals surface area contributed by atoms with Crippen molar-refractivity contribution in [2.45, 2.75) is 90.9 Å². The molecule has 0 heterocycles. The summed E-state index contributed by atoms with van der Waals surface area (Å²) in [4.78, 5) is 23.0. The van der Waals surface area contributed by atoms with Crippen molar-refractivity contribution in [1.29, 1.82) is 0 Å². The first-order valence-electron chi connectivity index (χ1n) is 8.03. The maximum absolute atomic E-state index is 11.5. The van der Waals surface area contributed by atoms with Gasteiger partial charge in [0.15, 0.2) is 0 Å². The Labute approximate surface area is 119 Å². The highest BCUT2D eigenvalue weighted by molar-refractivity contribution is 6.10. The van der Waals surface area contributed by atoms with Crippen molar-refractivity contribution in [1.82, 2.24) is 0 Å². The lowest BCUT2D eigenvalue weighted by Gasteiger charge is -2.01. The van der Waals surface area contributed by atoms with E-state index in [9.17, 15) is 9.59 Å². The SMILES string of the molecule is CCCCCCCC(=O)[C]C(=O)CCCCCCC. The summed E-state index contributed by atoms with van der Waals surface area (Å²) in [6.45, 7) is 4.35. The second kappa shape index (κ2) is 13.8. The van der Waals surface area contributed by atoms with Gasteiger partial charge in [-0.3, -0.25) is 9.59 Å². The second-order valence-corrected chi connectivity index (χ2v) is 5.30. The standard InChI is InChI=1S/C17H30O2/c1-3-5-7-9-11-13-16(18)15-17(19)14-12-10-8-6-4-2/h3-14H2,1-2H3. The molecule has 0 aromatic carbocycles. The zero-order valence-electron chi connectivity index (χ0n) is 12.8. The topological polar surface area (TPSA) is 34.1 Å². The van der Waals surface area contributed by atoms with Crippen LogP contribution in [0.1, 0.15) is 90.9 Å². The van der Waals surface area contributed by atoms with Gasteiger partial charge in [0, 0.05) is 12.8 Å². The molecule has 19 heavy (non-hydrogen) atoms.